The van der Waals surface area contributed by atoms with E-state index in [9.17, 15) is 4.79 Å². The average molecular weight is 381 g/mol. The van der Waals surface area contributed by atoms with Gasteiger partial charge in [0.25, 0.3) is 0 Å². The molecule has 5 heteroatoms. The van der Waals surface area contributed by atoms with Crippen LogP contribution in [-0.4, -0.2) is 22.7 Å². The quantitative estimate of drug-likeness (QED) is 0.498. The first-order chi connectivity index (χ1) is 13.3. The summed E-state index contributed by atoms with van der Waals surface area (Å²) in [6, 6.07) is 12.1. The van der Waals surface area contributed by atoms with E-state index in [1.807, 2.05) is 30.3 Å². The first kappa shape index (κ1) is 19.9. The first-order valence-corrected chi connectivity index (χ1v) is 9.68. The maximum absolute atomic E-state index is 10.5. The predicted octanol–water partition coefficient (Wildman–Crippen LogP) is 5.82. The normalized spacial score (nSPS) is 11.7. The number of carboxylic acid groups (broad SMARTS) is 1. The molecule has 5 nitrogen and oxygen atoms in total. The molecule has 0 bridgehead atoms. The number of carbonyl (C=O) groups is 1. The number of fused-ring (bicyclic) bond motifs is 1. The molecule has 28 heavy (non-hydrogen) atoms. The van der Waals surface area contributed by atoms with Gasteiger partial charge in [-0.05, 0) is 54.3 Å². The standard InChI is InChI=1S/C23H27NO4/c1-23(2,3)20-15-28-22(24-20)18-9-8-17-14-19(11-10-16(17)13-18)27-12-6-4-5-7-21(25)26/h8-11,13-15H,4-7,12H2,1-3H3,(H,25,26). The molecule has 0 aliphatic heterocycles. The molecule has 3 aromatic rings. The van der Waals surface area contributed by atoms with Crippen molar-refractivity contribution < 1.29 is 19.1 Å². The molecule has 0 saturated carbocycles. The Kier molecular flexibility index (Phi) is 6.02. The minimum Gasteiger partial charge on any atom is -0.494 e. The van der Waals surface area contributed by atoms with Gasteiger partial charge in [-0.1, -0.05) is 32.9 Å². The number of ether oxygens (including phenoxy) is 1. The molecule has 0 amide bonds. The highest BCUT2D eigenvalue weighted by Gasteiger charge is 2.19. The lowest BCUT2D eigenvalue weighted by molar-refractivity contribution is -0.137. The number of rotatable bonds is 8. The van der Waals surface area contributed by atoms with E-state index in [0.29, 0.717) is 18.9 Å². The number of hydrogen-bond acceptors (Lipinski definition) is 4. The van der Waals surface area contributed by atoms with E-state index in [1.165, 1.54) is 0 Å². The van der Waals surface area contributed by atoms with Crippen molar-refractivity contribution in [2.24, 2.45) is 0 Å². The molecule has 1 aromatic heterocycles. The highest BCUT2D eigenvalue weighted by Crippen LogP contribution is 2.29. The van der Waals surface area contributed by atoms with Gasteiger partial charge < -0.3 is 14.3 Å². The molecule has 3 rings (SSSR count). The van der Waals surface area contributed by atoms with E-state index in [4.69, 9.17) is 14.3 Å². The lowest BCUT2D eigenvalue weighted by Gasteiger charge is -2.13. The zero-order valence-corrected chi connectivity index (χ0v) is 16.7. The van der Waals surface area contributed by atoms with Crippen LogP contribution in [0, 0.1) is 0 Å². The van der Waals surface area contributed by atoms with Crippen LogP contribution in [0.15, 0.2) is 47.1 Å². The number of nitrogens with zero attached hydrogens (tertiary/aromatic N) is 1. The van der Waals surface area contributed by atoms with Crippen molar-refractivity contribution in [3.8, 4) is 17.2 Å². The number of benzene rings is 2. The van der Waals surface area contributed by atoms with Crippen molar-refractivity contribution in [2.75, 3.05) is 6.61 Å². The fourth-order valence-corrected chi connectivity index (χ4v) is 2.94. The van der Waals surface area contributed by atoms with Gasteiger partial charge in [0.05, 0.1) is 12.3 Å². The third-order valence-electron chi connectivity index (χ3n) is 4.63. The van der Waals surface area contributed by atoms with Crippen LogP contribution in [0.25, 0.3) is 22.2 Å². The van der Waals surface area contributed by atoms with Gasteiger partial charge in [-0.2, -0.15) is 0 Å². The number of aliphatic carboxylic acids is 1. The van der Waals surface area contributed by atoms with Gasteiger partial charge in [0, 0.05) is 17.4 Å². The summed E-state index contributed by atoms with van der Waals surface area (Å²) in [5.41, 5.74) is 1.85. The summed E-state index contributed by atoms with van der Waals surface area (Å²) in [6.45, 7) is 6.93. The molecule has 0 radical (unpaired) electrons. The fraction of sp³-hybridized carbons (Fsp3) is 0.391. The number of carboxylic acids is 1. The molecule has 0 fully saturated rings. The van der Waals surface area contributed by atoms with Crippen LogP contribution in [0.4, 0.5) is 0 Å². The summed E-state index contributed by atoms with van der Waals surface area (Å²) in [5, 5.41) is 10.8. The Bertz CT molecular complexity index is 953. The minimum absolute atomic E-state index is 0.0432. The van der Waals surface area contributed by atoms with Crippen LogP contribution in [0.3, 0.4) is 0 Å². The van der Waals surface area contributed by atoms with E-state index in [2.05, 4.69) is 31.8 Å². The van der Waals surface area contributed by atoms with Gasteiger partial charge in [0.15, 0.2) is 0 Å². The number of aromatic nitrogens is 1. The Morgan fingerprint density at radius 3 is 2.54 bits per heavy atom. The van der Waals surface area contributed by atoms with Crippen LogP contribution in [0.5, 0.6) is 5.75 Å². The topological polar surface area (TPSA) is 72.6 Å². The van der Waals surface area contributed by atoms with Crippen molar-refractivity contribution >= 4 is 16.7 Å². The second-order valence-corrected chi connectivity index (χ2v) is 8.06. The first-order valence-electron chi connectivity index (χ1n) is 9.68. The van der Waals surface area contributed by atoms with Crippen molar-refractivity contribution in [2.45, 2.75) is 51.9 Å². The highest BCUT2D eigenvalue weighted by atomic mass is 16.5. The largest absolute Gasteiger partial charge is 0.494 e. The van der Waals surface area contributed by atoms with Crippen molar-refractivity contribution in [1.82, 2.24) is 4.98 Å². The molecule has 0 saturated heterocycles. The summed E-state index contributed by atoms with van der Waals surface area (Å²) in [6.07, 6.45) is 4.35. The lowest BCUT2D eigenvalue weighted by Crippen LogP contribution is -2.11. The Labute approximate surface area is 165 Å². The molecule has 1 heterocycles. The Morgan fingerprint density at radius 2 is 1.82 bits per heavy atom. The zero-order chi connectivity index (χ0) is 20.1. The Morgan fingerprint density at radius 1 is 1.07 bits per heavy atom. The monoisotopic (exact) mass is 381 g/mol. The molecule has 0 atom stereocenters. The van der Waals surface area contributed by atoms with Crippen molar-refractivity contribution in [1.29, 1.82) is 0 Å². The van der Waals surface area contributed by atoms with Crippen molar-refractivity contribution in [3.05, 3.63) is 48.4 Å². The highest BCUT2D eigenvalue weighted by molar-refractivity contribution is 5.87. The van der Waals surface area contributed by atoms with Crippen LogP contribution < -0.4 is 4.74 Å². The lowest BCUT2D eigenvalue weighted by atomic mass is 9.93. The van der Waals surface area contributed by atoms with Crippen LogP contribution in [-0.2, 0) is 10.2 Å². The molecule has 148 valence electrons. The maximum atomic E-state index is 10.5. The summed E-state index contributed by atoms with van der Waals surface area (Å²) in [4.78, 5) is 15.1. The molecular formula is C23H27NO4. The van der Waals surface area contributed by atoms with Gasteiger partial charge >= 0.3 is 5.97 Å². The molecular weight excluding hydrogens is 354 g/mol. The summed E-state index contributed by atoms with van der Waals surface area (Å²) >= 11 is 0. The van der Waals surface area contributed by atoms with Gasteiger partial charge in [0.1, 0.15) is 12.0 Å². The number of oxazole rings is 1. The fourth-order valence-electron chi connectivity index (χ4n) is 2.94. The van der Waals surface area contributed by atoms with E-state index >= 15 is 0 Å². The predicted molar refractivity (Wildman–Crippen MR) is 110 cm³/mol. The SMILES string of the molecule is CC(C)(C)c1coc(-c2ccc3cc(OCCCCCC(=O)O)ccc3c2)n1. The third kappa shape index (κ3) is 5.12. The van der Waals surface area contributed by atoms with E-state index < -0.39 is 5.97 Å². The molecule has 2 aromatic carbocycles. The molecule has 1 N–H and O–H groups in total. The summed E-state index contributed by atoms with van der Waals surface area (Å²) in [7, 11) is 0. The average Bonchev–Trinajstić information content (AvgIpc) is 3.14. The van der Waals surface area contributed by atoms with Crippen LogP contribution >= 0.6 is 0 Å². The summed E-state index contributed by atoms with van der Waals surface area (Å²) < 4.78 is 11.5. The van der Waals surface area contributed by atoms with Crippen molar-refractivity contribution in [3.63, 3.8) is 0 Å². The number of hydrogen-bond donors (Lipinski definition) is 1. The molecule has 0 aliphatic rings. The third-order valence-corrected chi connectivity index (χ3v) is 4.63. The smallest absolute Gasteiger partial charge is 0.303 e. The van der Waals surface area contributed by atoms with Gasteiger partial charge in [0.2, 0.25) is 5.89 Å². The Balaban J connectivity index is 1.64. The number of unbranched alkanes of at least 4 members (excludes halogenated alkanes) is 2. The molecule has 0 spiro atoms. The van der Waals surface area contributed by atoms with Crippen LogP contribution in [0.1, 0.15) is 52.1 Å². The van der Waals surface area contributed by atoms with Gasteiger partial charge in [-0.15, -0.1) is 0 Å². The second kappa shape index (κ2) is 8.46. The Hall–Kier alpha value is -2.82. The van der Waals surface area contributed by atoms with Gasteiger partial charge in [-0.25, -0.2) is 4.98 Å². The van der Waals surface area contributed by atoms with Gasteiger partial charge in [-0.3, -0.25) is 4.79 Å². The van der Waals surface area contributed by atoms with E-state index in [-0.39, 0.29) is 11.8 Å². The van der Waals surface area contributed by atoms with E-state index in [1.54, 1.807) is 6.26 Å². The second-order valence-electron chi connectivity index (χ2n) is 8.06. The van der Waals surface area contributed by atoms with Crippen LogP contribution in [0.2, 0.25) is 0 Å². The van der Waals surface area contributed by atoms with E-state index in [0.717, 1.165) is 40.6 Å². The minimum atomic E-state index is -0.741. The zero-order valence-electron chi connectivity index (χ0n) is 16.7. The maximum Gasteiger partial charge on any atom is 0.303 e. The molecule has 0 aliphatic carbocycles. The summed E-state index contributed by atoms with van der Waals surface area (Å²) in [5.74, 6) is 0.715. The molecule has 0 unspecified atom stereocenters.